The number of nitrogens with zero attached hydrogens (tertiary/aromatic N) is 2. The number of furan rings is 1. The Kier molecular flexibility index (Phi) is 7.67. The van der Waals surface area contributed by atoms with E-state index in [0.717, 1.165) is 70.9 Å². The molecule has 10 rings (SSSR count). The normalized spacial score (nSPS) is 11.4. The van der Waals surface area contributed by atoms with Crippen molar-refractivity contribution in [3.05, 3.63) is 194 Å². The molecule has 2 heterocycles. The van der Waals surface area contributed by atoms with Gasteiger partial charge in [0.2, 0.25) is 0 Å². The van der Waals surface area contributed by atoms with Crippen LogP contribution in [0, 0.1) is 0 Å². The zero-order chi connectivity index (χ0) is 35.1. The summed E-state index contributed by atoms with van der Waals surface area (Å²) in [7, 11) is 0. The fourth-order valence-corrected chi connectivity index (χ4v) is 8.41. The Balaban J connectivity index is 1.11. The standard InChI is InChI=1S/C49H32N2OS/c1-4-12-33(13-5-1)35-20-26-39(27-21-35)51(40-28-22-36(23-29-40)34-14-6-2-7-15-34)41-30-24-37(25-31-41)46-47-43(42-18-10-11-19-45(42)52-47)32-44-48(46)53-49(50-44)38-16-8-3-9-17-38/h1-32H. The molecular formula is C49H32N2OS. The van der Waals surface area contributed by atoms with Gasteiger partial charge in [0.15, 0.2) is 0 Å². The second-order valence-electron chi connectivity index (χ2n) is 13.2. The third-order valence-electron chi connectivity index (χ3n) is 9.92. The van der Waals surface area contributed by atoms with E-state index in [0.29, 0.717) is 0 Å². The van der Waals surface area contributed by atoms with Crippen LogP contribution in [-0.2, 0) is 0 Å². The molecule has 53 heavy (non-hydrogen) atoms. The fraction of sp³-hybridized carbons (Fsp3) is 0. The minimum Gasteiger partial charge on any atom is -0.455 e. The first-order chi connectivity index (χ1) is 26.3. The van der Waals surface area contributed by atoms with E-state index in [1.165, 1.54) is 22.3 Å². The smallest absolute Gasteiger partial charge is 0.144 e. The predicted octanol–water partition coefficient (Wildman–Crippen LogP) is 14.3. The van der Waals surface area contributed by atoms with Crippen LogP contribution in [0.5, 0.6) is 0 Å². The van der Waals surface area contributed by atoms with Gasteiger partial charge in [-0.15, -0.1) is 11.3 Å². The Morgan fingerprint density at radius 2 is 0.868 bits per heavy atom. The molecule has 0 fully saturated rings. The van der Waals surface area contributed by atoms with Crippen molar-refractivity contribution in [1.29, 1.82) is 0 Å². The highest BCUT2D eigenvalue weighted by Crippen LogP contribution is 2.46. The predicted molar refractivity (Wildman–Crippen MR) is 223 cm³/mol. The molecule has 0 bridgehead atoms. The zero-order valence-electron chi connectivity index (χ0n) is 28.7. The van der Waals surface area contributed by atoms with Gasteiger partial charge in [-0.3, -0.25) is 0 Å². The molecule has 0 saturated heterocycles. The Bertz CT molecular complexity index is 2760. The van der Waals surface area contributed by atoms with Gasteiger partial charge in [0.1, 0.15) is 16.2 Å². The van der Waals surface area contributed by atoms with Gasteiger partial charge >= 0.3 is 0 Å². The third kappa shape index (κ3) is 5.66. The fourth-order valence-electron chi connectivity index (χ4n) is 7.30. The highest BCUT2D eigenvalue weighted by Gasteiger charge is 2.21. The summed E-state index contributed by atoms with van der Waals surface area (Å²) >= 11 is 1.72. The van der Waals surface area contributed by atoms with Gasteiger partial charge < -0.3 is 9.32 Å². The first-order valence-corrected chi connectivity index (χ1v) is 18.6. The highest BCUT2D eigenvalue weighted by atomic mass is 32.1. The van der Waals surface area contributed by atoms with Crippen LogP contribution < -0.4 is 4.90 Å². The number of fused-ring (bicyclic) bond motifs is 4. The average molecular weight is 697 g/mol. The SMILES string of the molecule is c1ccc(-c2ccc(N(c3ccc(-c4ccccc4)cc3)c3ccc(-c4c5oc6ccccc6c5cc5nc(-c6ccccc6)sc45)cc3)cc2)cc1. The van der Waals surface area contributed by atoms with Gasteiger partial charge in [-0.05, 0) is 76.3 Å². The summed E-state index contributed by atoms with van der Waals surface area (Å²) in [5.74, 6) is 0. The van der Waals surface area contributed by atoms with Gasteiger partial charge in [0, 0.05) is 39.0 Å². The summed E-state index contributed by atoms with van der Waals surface area (Å²) in [6.45, 7) is 0. The molecule has 250 valence electrons. The summed E-state index contributed by atoms with van der Waals surface area (Å²) in [5.41, 5.74) is 14.0. The second-order valence-corrected chi connectivity index (χ2v) is 14.2. The number of thiazole rings is 1. The van der Waals surface area contributed by atoms with E-state index in [-0.39, 0.29) is 0 Å². The third-order valence-corrected chi connectivity index (χ3v) is 11.1. The van der Waals surface area contributed by atoms with Crippen LogP contribution in [0.15, 0.2) is 199 Å². The number of hydrogen-bond donors (Lipinski definition) is 0. The molecule has 4 heteroatoms. The number of hydrogen-bond acceptors (Lipinski definition) is 4. The summed E-state index contributed by atoms with van der Waals surface area (Å²) in [4.78, 5) is 7.48. The van der Waals surface area contributed by atoms with Crippen LogP contribution in [0.4, 0.5) is 17.1 Å². The molecule has 8 aromatic carbocycles. The summed E-state index contributed by atoms with van der Waals surface area (Å²) in [6, 6.07) is 68.5. The molecule has 0 atom stereocenters. The maximum atomic E-state index is 6.64. The molecule has 0 aliphatic rings. The lowest BCUT2D eigenvalue weighted by Gasteiger charge is -2.26. The van der Waals surface area contributed by atoms with Crippen molar-refractivity contribution < 1.29 is 4.42 Å². The molecule has 0 aliphatic carbocycles. The Hall–Kier alpha value is -6.75. The first kappa shape index (κ1) is 31.0. The van der Waals surface area contributed by atoms with Gasteiger partial charge in [0.25, 0.3) is 0 Å². The number of para-hydroxylation sites is 1. The molecule has 0 saturated carbocycles. The Labute approximate surface area is 311 Å². The van der Waals surface area contributed by atoms with Crippen molar-refractivity contribution in [2.45, 2.75) is 0 Å². The van der Waals surface area contributed by atoms with Gasteiger partial charge in [0.05, 0.1) is 10.2 Å². The summed E-state index contributed by atoms with van der Waals surface area (Å²) in [5, 5.41) is 3.18. The Morgan fingerprint density at radius 3 is 1.42 bits per heavy atom. The second kappa shape index (κ2) is 13.1. The monoisotopic (exact) mass is 696 g/mol. The maximum absolute atomic E-state index is 6.64. The van der Waals surface area contributed by atoms with Crippen molar-refractivity contribution in [1.82, 2.24) is 4.98 Å². The molecule has 0 spiro atoms. The average Bonchev–Trinajstić information content (AvgIpc) is 3.83. The van der Waals surface area contributed by atoms with E-state index in [4.69, 9.17) is 9.40 Å². The van der Waals surface area contributed by atoms with Crippen LogP contribution in [0.1, 0.15) is 0 Å². The molecule has 0 N–H and O–H groups in total. The lowest BCUT2D eigenvalue weighted by atomic mass is 10.0. The summed E-state index contributed by atoms with van der Waals surface area (Å²) < 4.78 is 7.76. The molecule has 0 unspecified atom stereocenters. The lowest BCUT2D eigenvalue weighted by Crippen LogP contribution is -2.09. The van der Waals surface area contributed by atoms with Gasteiger partial charge in [-0.2, -0.15) is 0 Å². The minimum absolute atomic E-state index is 0.880. The number of aromatic nitrogens is 1. The van der Waals surface area contributed by atoms with Crippen molar-refractivity contribution >= 4 is 60.6 Å². The molecular weight excluding hydrogens is 665 g/mol. The number of anilines is 3. The van der Waals surface area contributed by atoms with Crippen molar-refractivity contribution in [3.8, 4) is 44.0 Å². The molecule has 0 radical (unpaired) electrons. The van der Waals surface area contributed by atoms with E-state index in [2.05, 4.69) is 181 Å². The van der Waals surface area contributed by atoms with Crippen molar-refractivity contribution in [2.75, 3.05) is 4.90 Å². The largest absolute Gasteiger partial charge is 0.455 e. The molecule has 0 amide bonds. The Morgan fingerprint density at radius 1 is 0.415 bits per heavy atom. The molecule has 3 nitrogen and oxygen atoms in total. The van der Waals surface area contributed by atoms with E-state index in [1.807, 2.05) is 18.2 Å². The van der Waals surface area contributed by atoms with Crippen LogP contribution in [-0.4, -0.2) is 4.98 Å². The van der Waals surface area contributed by atoms with E-state index in [9.17, 15) is 0 Å². The maximum Gasteiger partial charge on any atom is 0.144 e. The molecule has 0 aliphatic heterocycles. The first-order valence-electron chi connectivity index (χ1n) is 17.8. The van der Waals surface area contributed by atoms with Crippen molar-refractivity contribution in [2.24, 2.45) is 0 Å². The van der Waals surface area contributed by atoms with E-state index >= 15 is 0 Å². The van der Waals surface area contributed by atoms with E-state index < -0.39 is 0 Å². The van der Waals surface area contributed by atoms with Crippen LogP contribution in [0.25, 0.3) is 76.1 Å². The van der Waals surface area contributed by atoms with Gasteiger partial charge in [-0.25, -0.2) is 4.98 Å². The van der Waals surface area contributed by atoms with Crippen LogP contribution in [0.3, 0.4) is 0 Å². The van der Waals surface area contributed by atoms with E-state index in [1.54, 1.807) is 11.3 Å². The highest BCUT2D eigenvalue weighted by molar-refractivity contribution is 7.22. The lowest BCUT2D eigenvalue weighted by molar-refractivity contribution is 0.670. The van der Waals surface area contributed by atoms with Crippen LogP contribution in [0.2, 0.25) is 0 Å². The van der Waals surface area contributed by atoms with Gasteiger partial charge in [-0.1, -0.05) is 146 Å². The van der Waals surface area contributed by atoms with Crippen molar-refractivity contribution in [3.63, 3.8) is 0 Å². The number of rotatable bonds is 7. The number of benzene rings is 8. The quantitative estimate of drug-likeness (QED) is 0.166. The summed E-state index contributed by atoms with van der Waals surface area (Å²) in [6.07, 6.45) is 0. The minimum atomic E-state index is 0.880. The topological polar surface area (TPSA) is 29.3 Å². The molecule has 2 aromatic heterocycles. The molecule has 10 aromatic rings. The van der Waals surface area contributed by atoms with Crippen LogP contribution >= 0.6 is 11.3 Å². The zero-order valence-corrected chi connectivity index (χ0v) is 29.5.